The minimum absolute atomic E-state index is 0.106. The Balaban J connectivity index is 1.58. The number of benzene rings is 2. The van der Waals surface area contributed by atoms with Gasteiger partial charge in [0.05, 0.1) is 6.54 Å². The molecule has 1 heterocycles. The Bertz CT molecular complexity index is 1100. The van der Waals surface area contributed by atoms with E-state index >= 15 is 0 Å². The molecule has 1 saturated carbocycles. The number of carbonyl (C=O) groups excluding carboxylic acids is 1. The SMILES string of the molecule is Cc1cc2cc(CN(C(=O)NCc3ccccc3)C3CCCC3)c(=O)[nH]c2cc1C. The van der Waals surface area contributed by atoms with Crippen LogP contribution in [0, 0.1) is 13.8 Å². The smallest absolute Gasteiger partial charge is 0.318 e. The van der Waals surface area contributed by atoms with Gasteiger partial charge in [0.15, 0.2) is 0 Å². The highest BCUT2D eigenvalue weighted by Crippen LogP contribution is 2.25. The molecular formula is C25H29N3O2. The van der Waals surface area contributed by atoms with Crippen LogP contribution in [0.5, 0.6) is 0 Å². The number of urea groups is 1. The van der Waals surface area contributed by atoms with Crippen LogP contribution in [0.15, 0.2) is 53.3 Å². The number of amides is 2. The highest BCUT2D eigenvalue weighted by atomic mass is 16.2. The van der Waals surface area contributed by atoms with E-state index < -0.39 is 0 Å². The van der Waals surface area contributed by atoms with Gasteiger partial charge in [-0.25, -0.2) is 4.79 Å². The summed E-state index contributed by atoms with van der Waals surface area (Å²) in [6, 6.07) is 16.0. The lowest BCUT2D eigenvalue weighted by Gasteiger charge is -2.29. The van der Waals surface area contributed by atoms with Crippen molar-refractivity contribution in [3.63, 3.8) is 0 Å². The number of nitrogens with zero attached hydrogens (tertiary/aromatic N) is 1. The van der Waals surface area contributed by atoms with Crippen molar-refractivity contribution in [2.24, 2.45) is 0 Å². The highest BCUT2D eigenvalue weighted by Gasteiger charge is 2.27. The minimum atomic E-state index is -0.121. The molecule has 2 amide bonds. The third kappa shape index (κ3) is 4.40. The Labute approximate surface area is 177 Å². The van der Waals surface area contributed by atoms with Crippen LogP contribution in [-0.4, -0.2) is 22.0 Å². The summed E-state index contributed by atoms with van der Waals surface area (Å²) >= 11 is 0. The maximum atomic E-state index is 13.1. The fraction of sp³-hybridized carbons (Fsp3) is 0.360. The molecule has 0 saturated heterocycles. The lowest BCUT2D eigenvalue weighted by Crippen LogP contribution is -2.45. The summed E-state index contributed by atoms with van der Waals surface area (Å²) in [4.78, 5) is 30.7. The van der Waals surface area contributed by atoms with Gasteiger partial charge in [-0.2, -0.15) is 0 Å². The minimum Gasteiger partial charge on any atom is -0.334 e. The van der Waals surface area contributed by atoms with E-state index in [0.29, 0.717) is 18.7 Å². The molecule has 0 radical (unpaired) electrons. The van der Waals surface area contributed by atoms with Gasteiger partial charge in [-0.05, 0) is 67.0 Å². The molecule has 1 aromatic heterocycles. The molecule has 0 bridgehead atoms. The Hall–Kier alpha value is -3.08. The number of carbonyl (C=O) groups is 1. The van der Waals surface area contributed by atoms with Crippen LogP contribution >= 0.6 is 0 Å². The second-order valence-corrected chi connectivity index (χ2v) is 8.36. The van der Waals surface area contributed by atoms with Crippen molar-refractivity contribution in [2.45, 2.75) is 58.7 Å². The molecule has 2 aromatic carbocycles. The summed E-state index contributed by atoms with van der Waals surface area (Å²) in [5.41, 5.74) is 4.75. The molecule has 0 spiro atoms. The van der Waals surface area contributed by atoms with Crippen LogP contribution in [0.1, 0.15) is 47.9 Å². The van der Waals surface area contributed by atoms with Gasteiger partial charge in [-0.3, -0.25) is 4.79 Å². The number of hydrogen-bond acceptors (Lipinski definition) is 2. The van der Waals surface area contributed by atoms with Crippen LogP contribution in [0.4, 0.5) is 4.79 Å². The molecule has 5 heteroatoms. The van der Waals surface area contributed by atoms with Gasteiger partial charge < -0.3 is 15.2 Å². The molecule has 0 unspecified atom stereocenters. The molecule has 5 nitrogen and oxygen atoms in total. The first-order chi connectivity index (χ1) is 14.5. The topological polar surface area (TPSA) is 65.2 Å². The summed E-state index contributed by atoms with van der Waals surface area (Å²) in [5, 5.41) is 4.05. The largest absolute Gasteiger partial charge is 0.334 e. The van der Waals surface area contributed by atoms with E-state index in [1.807, 2.05) is 54.3 Å². The van der Waals surface area contributed by atoms with E-state index in [9.17, 15) is 9.59 Å². The molecule has 1 fully saturated rings. The fourth-order valence-electron chi connectivity index (χ4n) is 4.28. The normalized spacial score (nSPS) is 14.2. The lowest BCUT2D eigenvalue weighted by atomic mass is 10.0. The molecule has 2 N–H and O–H groups in total. The van der Waals surface area contributed by atoms with Crippen LogP contribution in [0.25, 0.3) is 10.9 Å². The van der Waals surface area contributed by atoms with Crippen LogP contribution in [0.2, 0.25) is 0 Å². The second-order valence-electron chi connectivity index (χ2n) is 8.36. The van der Waals surface area contributed by atoms with Gasteiger partial charge in [-0.15, -0.1) is 0 Å². The number of fused-ring (bicyclic) bond motifs is 1. The zero-order chi connectivity index (χ0) is 21.1. The van der Waals surface area contributed by atoms with Gasteiger partial charge in [-0.1, -0.05) is 43.2 Å². The number of nitrogens with one attached hydrogen (secondary N) is 2. The van der Waals surface area contributed by atoms with E-state index in [4.69, 9.17) is 0 Å². The van der Waals surface area contributed by atoms with Gasteiger partial charge >= 0.3 is 6.03 Å². The third-order valence-corrected chi connectivity index (χ3v) is 6.19. The van der Waals surface area contributed by atoms with Gasteiger partial charge in [0, 0.05) is 23.7 Å². The maximum Gasteiger partial charge on any atom is 0.318 e. The van der Waals surface area contributed by atoms with E-state index in [1.54, 1.807) is 0 Å². The average Bonchev–Trinajstić information content (AvgIpc) is 3.27. The Kier molecular flexibility index (Phi) is 5.88. The quantitative estimate of drug-likeness (QED) is 0.643. The Morgan fingerprint density at radius 1 is 1.07 bits per heavy atom. The zero-order valence-electron chi connectivity index (χ0n) is 17.7. The van der Waals surface area contributed by atoms with Crippen molar-refractivity contribution in [2.75, 3.05) is 0 Å². The zero-order valence-corrected chi connectivity index (χ0v) is 17.7. The van der Waals surface area contributed by atoms with Crippen molar-refractivity contribution >= 4 is 16.9 Å². The molecular weight excluding hydrogens is 374 g/mol. The highest BCUT2D eigenvalue weighted by molar-refractivity contribution is 5.81. The van der Waals surface area contributed by atoms with Crippen LogP contribution in [-0.2, 0) is 13.1 Å². The molecule has 0 atom stereocenters. The number of H-pyrrole nitrogens is 1. The first-order valence-corrected chi connectivity index (χ1v) is 10.7. The van der Waals surface area contributed by atoms with Gasteiger partial charge in [0.2, 0.25) is 0 Å². The van der Waals surface area contributed by atoms with Crippen molar-refractivity contribution in [1.29, 1.82) is 0 Å². The van der Waals surface area contributed by atoms with Gasteiger partial charge in [0.25, 0.3) is 5.56 Å². The maximum absolute atomic E-state index is 13.1. The third-order valence-electron chi connectivity index (χ3n) is 6.19. The number of pyridine rings is 1. The van der Waals surface area contributed by atoms with E-state index in [2.05, 4.69) is 23.3 Å². The Morgan fingerprint density at radius 3 is 2.50 bits per heavy atom. The van der Waals surface area contributed by atoms with E-state index in [1.165, 1.54) is 5.56 Å². The number of aromatic nitrogens is 1. The summed E-state index contributed by atoms with van der Waals surface area (Å²) in [6.45, 7) is 4.92. The molecule has 0 aliphatic heterocycles. The summed E-state index contributed by atoms with van der Waals surface area (Å²) in [7, 11) is 0. The molecule has 1 aliphatic carbocycles. The van der Waals surface area contributed by atoms with E-state index in [-0.39, 0.29) is 17.6 Å². The number of aromatic amines is 1. The van der Waals surface area contributed by atoms with Crippen LogP contribution < -0.4 is 10.9 Å². The predicted octanol–water partition coefficient (Wildman–Crippen LogP) is 4.80. The first-order valence-electron chi connectivity index (χ1n) is 10.7. The average molecular weight is 404 g/mol. The second kappa shape index (κ2) is 8.74. The summed E-state index contributed by atoms with van der Waals surface area (Å²) < 4.78 is 0. The Morgan fingerprint density at radius 2 is 1.77 bits per heavy atom. The number of rotatable bonds is 5. The summed E-state index contributed by atoms with van der Waals surface area (Å²) in [6.07, 6.45) is 4.23. The van der Waals surface area contributed by atoms with Crippen molar-refractivity contribution in [3.8, 4) is 0 Å². The molecule has 3 aromatic rings. The monoisotopic (exact) mass is 403 g/mol. The standard InChI is InChI=1S/C25H29N3O2/c1-17-12-20-14-21(24(29)27-23(20)13-18(17)2)16-28(22-10-6-7-11-22)25(30)26-15-19-8-4-3-5-9-19/h3-5,8-9,12-14,22H,6-7,10-11,15-16H2,1-2H3,(H,26,30)(H,27,29). The first kappa shape index (κ1) is 20.2. The van der Waals surface area contributed by atoms with Crippen molar-refractivity contribution in [3.05, 3.63) is 81.1 Å². The molecule has 1 aliphatic rings. The van der Waals surface area contributed by atoms with E-state index in [0.717, 1.165) is 47.7 Å². The number of aryl methyl sites for hydroxylation is 2. The van der Waals surface area contributed by atoms with Crippen LogP contribution in [0.3, 0.4) is 0 Å². The van der Waals surface area contributed by atoms with Crippen molar-refractivity contribution < 1.29 is 4.79 Å². The molecule has 156 valence electrons. The van der Waals surface area contributed by atoms with Crippen molar-refractivity contribution in [1.82, 2.24) is 15.2 Å². The fourth-order valence-corrected chi connectivity index (χ4v) is 4.28. The molecule has 4 rings (SSSR count). The summed E-state index contributed by atoms with van der Waals surface area (Å²) in [5.74, 6) is 0. The lowest BCUT2D eigenvalue weighted by molar-refractivity contribution is 0.170. The van der Waals surface area contributed by atoms with Gasteiger partial charge in [0.1, 0.15) is 0 Å². The predicted molar refractivity (Wildman–Crippen MR) is 121 cm³/mol. The molecule has 30 heavy (non-hydrogen) atoms. The number of hydrogen-bond donors (Lipinski definition) is 2.